The monoisotopic (exact) mass is 475 g/mol. The van der Waals surface area contributed by atoms with Crippen molar-refractivity contribution in [3.05, 3.63) is 71.4 Å². The highest BCUT2D eigenvalue weighted by molar-refractivity contribution is 6.30. The largest absolute Gasteiger partial charge is 0.336 e. The average molecular weight is 476 g/mol. The summed E-state index contributed by atoms with van der Waals surface area (Å²) in [5.74, 6) is 1.30. The van der Waals surface area contributed by atoms with Crippen molar-refractivity contribution in [2.24, 2.45) is 5.92 Å². The quantitative estimate of drug-likeness (QED) is 0.507. The van der Waals surface area contributed by atoms with Crippen LogP contribution in [0.4, 0.5) is 11.6 Å². The zero-order chi connectivity index (χ0) is 23.3. The first kappa shape index (κ1) is 22.8. The van der Waals surface area contributed by atoms with Crippen LogP contribution in [0.2, 0.25) is 5.02 Å². The van der Waals surface area contributed by atoms with Crippen LogP contribution >= 0.6 is 11.6 Å². The van der Waals surface area contributed by atoms with E-state index in [4.69, 9.17) is 11.6 Å². The Hall–Kier alpha value is -2.96. The van der Waals surface area contributed by atoms with Crippen LogP contribution in [0.15, 0.2) is 60.8 Å². The molecule has 2 heterocycles. The summed E-state index contributed by atoms with van der Waals surface area (Å²) in [6.45, 7) is 2.43. The third-order valence-electron chi connectivity index (χ3n) is 6.89. The van der Waals surface area contributed by atoms with E-state index in [0.29, 0.717) is 28.5 Å². The van der Waals surface area contributed by atoms with E-state index in [2.05, 4.69) is 20.6 Å². The second-order valence-corrected chi connectivity index (χ2v) is 9.62. The molecule has 0 unspecified atom stereocenters. The summed E-state index contributed by atoms with van der Waals surface area (Å²) in [4.78, 5) is 24.1. The summed E-state index contributed by atoms with van der Waals surface area (Å²) in [6.07, 6.45) is 8.27. The van der Waals surface area contributed by atoms with Gasteiger partial charge >= 0.3 is 0 Å². The topological polar surface area (TPSA) is 70.2 Å². The third kappa shape index (κ3) is 5.40. The SMILES string of the molecule is O=C(c1ccc(Nc2nccc(-c3ccc(Cl)cc3)n2)cc1)N1CCN[C@@H](C2CCCCC2)C1. The Morgan fingerprint density at radius 2 is 1.76 bits per heavy atom. The Balaban J connectivity index is 1.23. The summed E-state index contributed by atoms with van der Waals surface area (Å²) >= 11 is 5.99. The lowest BCUT2D eigenvalue weighted by molar-refractivity contribution is 0.0660. The van der Waals surface area contributed by atoms with Gasteiger partial charge in [-0.3, -0.25) is 4.79 Å². The zero-order valence-electron chi connectivity index (χ0n) is 19.2. The van der Waals surface area contributed by atoms with E-state index in [1.807, 2.05) is 59.5 Å². The molecule has 1 aliphatic heterocycles. The summed E-state index contributed by atoms with van der Waals surface area (Å²) < 4.78 is 0. The molecule has 2 N–H and O–H groups in total. The lowest BCUT2D eigenvalue weighted by Crippen LogP contribution is -2.55. The van der Waals surface area contributed by atoms with Crippen molar-refractivity contribution in [2.75, 3.05) is 25.0 Å². The average Bonchev–Trinajstić information content (AvgIpc) is 2.90. The molecule has 0 radical (unpaired) electrons. The van der Waals surface area contributed by atoms with Crippen molar-refractivity contribution in [3.8, 4) is 11.3 Å². The van der Waals surface area contributed by atoms with Gasteiger partial charge in [-0.05, 0) is 61.2 Å². The Morgan fingerprint density at radius 1 is 1.00 bits per heavy atom. The summed E-state index contributed by atoms with van der Waals surface area (Å²) in [6, 6.07) is 17.4. The Morgan fingerprint density at radius 3 is 2.53 bits per heavy atom. The molecule has 0 bridgehead atoms. The number of amides is 1. The summed E-state index contributed by atoms with van der Waals surface area (Å²) in [5, 5.41) is 7.59. The smallest absolute Gasteiger partial charge is 0.253 e. The first-order valence-corrected chi connectivity index (χ1v) is 12.5. The number of piperazine rings is 1. The molecular formula is C27H30ClN5O. The molecule has 3 aromatic rings. The van der Waals surface area contributed by atoms with Crippen LogP contribution < -0.4 is 10.6 Å². The molecule has 176 valence electrons. The van der Waals surface area contributed by atoms with Gasteiger partial charge in [0.2, 0.25) is 5.95 Å². The fourth-order valence-electron chi connectivity index (χ4n) is 5.02. The normalized spacial score (nSPS) is 19.1. The maximum absolute atomic E-state index is 13.2. The van der Waals surface area contributed by atoms with Crippen LogP contribution in [0.25, 0.3) is 11.3 Å². The van der Waals surface area contributed by atoms with Crippen molar-refractivity contribution >= 4 is 29.1 Å². The van der Waals surface area contributed by atoms with Crippen molar-refractivity contribution in [2.45, 2.75) is 38.1 Å². The molecule has 1 aliphatic carbocycles. The second-order valence-electron chi connectivity index (χ2n) is 9.18. The summed E-state index contributed by atoms with van der Waals surface area (Å²) in [7, 11) is 0. The zero-order valence-corrected chi connectivity index (χ0v) is 20.0. The van der Waals surface area contributed by atoms with Crippen LogP contribution in [0.3, 0.4) is 0 Å². The highest BCUT2D eigenvalue weighted by Gasteiger charge is 2.30. The fourth-order valence-corrected chi connectivity index (χ4v) is 5.15. The van der Waals surface area contributed by atoms with E-state index in [1.54, 1.807) is 6.20 Å². The van der Waals surface area contributed by atoms with E-state index >= 15 is 0 Å². The van der Waals surface area contributed by atoms with E-state index < -0.39 is 0 Å². The van der Waals surface area contributed by atoms with Crippen LogP contribution in [-0.4, -0.2) is 46.5 Å². The van der Waals surface area contributed by atoms with Gasteiger partial charge in [-0.15, -0.1) is 0 Å². The van der Waals surface area contributed by atoms with Gasteiger partial charge in [-0.25, -0.2) is 9.97 Å². The number of hydrogen-bond donors (Lipinski definition) is 2. The number of halogens is 1. The van der Waals surface area contributed by atoms with E-state index in [9.17, 15) is 4.79 Å². The number of anilines is 2. The van der Waals surface area contributed by atoms with E-state index in [1.165, 1.54) is 32.1 Å². The molecule has 6 nitrogen and oxygen atoms in total. The number of rotatable bonds is 5. The van der Waals surface area contributed by atoms with Crippen molar-refractivity contribution in [1.82, 2.24) is 20.2 Å². The van der Waals surface area contributed by atoms with E-state index in [0.717, 1.165) is 36.6 Å². The molecule has 2 fully saturated rings. The van der Waals surface area contributed by atoms with Crippen LogP contribution in [0, 0.1) is 5.92 Å². The molecule has 2 aromatic carbocycles. The maximum atomic E-state index is 13.2. The van der Waals surface area contributed by atoms with Gasteiger partial charge in [0.05, 0.1) is 5.69 Å². The van der Waals surface area contributed by atoms with Crippen LogP contribution in [-0.2, 0) is 0 Å². The van der Waals surface area contributed by atoms with Gasteiger partial charge in [-0.1, -0.05) is 43.0 Å². The fraction of sp³-hybridized carbons (Fsp3) is 0.370. The molecule has 1 atom stereocenters. The predicted molar refractivity (Wildman–Crippen MR) is 136 cm³/mol. The molecule has 1 saturated heterocycles. The Bertz CT molecular complexity index is 1110. The van der Waals surface area contributed by atoms with Crippen LogP contribution in [0.1, 0.15) is 42.5 Å². The summed E-state index contributed by atoms with van der Waals surface area (Å²) in [5.41, 5.74) is 3.33. The first-order chi connectivity index (χ1) is 16.7. The molecule has 2 aliphatic rings. The Kier molecular flexibility index (Phi) is 7.07. The molecule has 7 heteroatoms. The molecule has 5 rings (SSSR count). The molecule has 0 spiro atoms. The number of benzene rings is 2. The third-order valence-corrected chi connectivity index (χ3v) is 7.15. The standard InChI is InChI=1S/C27H30ClN5O/c28-22-10-6-20(7-11-22)24-14-15-30-27(32-24)31-23-12-8-21(9-13-23)26(34)33-17-16-29-25(18-33)19-4-2-1-3-5-19/h6-15,19,25,29H,1-5,16-18H2,(H,30,31,32)/t25-/m1/s1. The van der Waals surface area contributed by atoms with Gasteiger partial charge in [-0.2, -0.15) is 0 Å². The van der Waals surface area contributed by atoms with Gasteiger partial charge in [0, 0.05) is 53.7 Å². The maximum Gasteiger partial charge on any atom is 0.253 e. The predicted octanol–water partition coefficient (Wildman–Crippen LogP) is 5.53. The number of nitrogens with one attached hydrogen (secondary N) is 2. The minimum atomic E-state index is 0.106. The van der Waals surface area contributed by atoms with Crippen molar-refractivity contribution in [1.29, 1.82) is 0 Å². The minimum absolute atomic E-state index is 0.106. The number of nitrogens with zero attached hydrogens (tertiary/aromatic N) is 3. The molecular weight excluding hydrogens is 446 g/mol. The number of aromatic nitrogens is 2. The van der Waals surface area contributed by atoms with Crippen molar-refractivity contribution in [3.63, 3.8) is 0 Å². The molecule has 1 saturated carbocycles. The second kappa shape index (κ2) is 10.5. The number of carbonyl (C=O) groups excluding carboxylic acids is 1. The lowest BCUT2D eigenvalue weighted by Gasteiger charge is -2.39. The van der Waals surface area contributed by atoms with Gasteiger partial charge in [0.1, 0.15) is 0 Å². The highest BCUT2D eigenvalue weighted by Crippen LogP contribution is 2.28. The van der Waals surface area contributed by atoms with Gasteiger partial charge in [0.15, 0.2) is 0 Å². The Labute approximate surface area is 205 Å². The minimum Gasteiger partial charge on any atom is -0.336 e. The van der Waals surface area contributed by atoms with Gasteiger partial charge in [0.25, 0.3) is 5.91 Å². The number of hydrogen-bond acceptors (Lipinski definition) is 5. The highest BCUT2D eigenvalue weighted by atomic mass is 35.5. The van der Waals surface area contributed by atoms with E-state index in [-0.39, 0.29) is 5.91 Å². The van der Waals surface area contributed by atoms with Crippen LogP contribution in [0.5, 0.6) is 0 Å². The molecule has 34 heavy (non-hydrogen) atoms. The molecule has 1 aromatic heterocycles. The first-order valence-electron chi connectivity index (χ1n) is 12.1. The lowest BCUT2D eigenvalue weighted by atomic mass is 9.83. The molecule has 1 amide bonds. The van der Waals surface area contributed by atoms with Crippen molar-refractivity contribution < 1.29 is 4.79 Å². The van der Waals surface area contributed by atoms with Gasteiger partial charge < -0.3 is 15.5 Å². The number of carbonyl (C=O) groups is 1.